The van der Waals surface area contributed by atoms with E-state index < -0.39 is 40.5 Å². The summed E-state index contributed by atoms with van der Waals surface area (Å²) in [4.78, 5) is 25.0. The molecule has 0 aliphatic rings. The van der Waals surface area contributed by atoms with Gasteiger partial charge in [-0.2, -0.15) is 13.2 Å². The van der Waals surface area contributed by atoms with Crippen LogP contribution in [0, 0.1) is 5.82 Å². The minimum atomic E-state index is -5.06. The van der Waals surface area contributed by atoms with Gasteiger partial charge in [0.1, 0.15) is 28.6 Å². The van der Waals surface area contributed by atoms with Crippen molar-refractivity contribution < 1.29 is 41.0 Å². The quantitative estimate of drug-likeness (QED) is 0.133. The Bertz CT molecular complexity index is 1490. The summed E-state index contributed by atoms with van der Waals surface area (Å²) in [6, 6.07) is 14.3. The number of esters is 1. The topological polar surface area (TPSA) is 75.0 Å². The zero-order valence-corrected chi connectivity index (χ0v) is 18.5. The zero-order chi connectivity index (χ0) is 25.9. The normalized spacial score (nSPS) is 11.6. The van der Waals surface area contributed by atoms with Crippen molar-refractivity contribution in [3.05, 3.63) is 100 Å². The van der Waals surface area contributed by atoms with Crippen LogP contribution < -0.4 is 19.6 Å². The van der Waals surface area contributed by atoms with Gasteiger partial charge in [-0.15, -0.1) is 0 Å². The second-order valence-corrected chi connectivity index (χ2v) is 7.33. The van der Waals surface area contributed by atoms with Crippen molar-refractivity contribution in [1.29, 1.82) is 0 Å². The van der Waals surface area contributed by atoms with Crippen molar-refractivity contribution in [2.75, 3.05) is 7.11 Å². The third kappa shape index (κ3) is 5.54. The number of ether oxygens (including phenoxy) is 3. The predicted molar refractivity (Wildman–Crippen MR) is 122 cm³/mol. The molecule has 10 heteroatoms. The molecule has 0 amide bonds. The van der Waals surface area contributed by atoms with Gasteiger partial charge in [0.05, 0.1) is 12.5 Å². The highest BCUT2D eigenvalue weighted by Crippen LogP contribution is 2.38. The number of rotatable bonds is 6. The molecule has 4 rings (SSSR count). The average molecular weight is 500 g/mol. The SMILES string of the molecule is COc1ccc(Oc2c(C(F)(F)F)oc3cc(OC(=O)/C=C/c4ccc(F)cc4)ccc3c2=O)cc1. The summed E-state index contributed by atoms with van der Waals surface area (Å²) in [7, 11) is 1.42. The van der Waals surface area contributed by atoms with Crippen molar-refractivity contribution in [2.24, 2.45) is 0 Å². The lowest BCUT2D eigenvalue weighted by molar-refractivity contribution is -0.154. The third-order valence-corrected chi connectivity index (χ3v) is 4.86. The molecule has 0 N–H and O–H groups in total. The first-order chi connectivity index (χ1) is 17.1. The van der Waals surface area contributed by atoms with Crippen LogP contribution in [0.4, 0.5) is 17.6 Å². The van der Waals surface area contributed by atoms with Crippen LogP contribution >= 0.6 is 0 Å². The lowest BCUT2D eigenvalue weighted by atomic mass is 10.2. The number of methoxy groups -OCH3 is 1. The van der Waals surface area contributed by atoms with E-state index in [1.165, 1.54) is 67.8 Å². The number of fused-ring (bicyclic) bond motifs is 1. The Kier molecular flexibility index (Phi) is 6.77. The second-order valence-electron chi connectivity index (χ2n) is 7.33. The highest BCUT2D eigenvalue weighted by Gasteiger charge is 2.40. The van der Waals surface area contributed by atoms with Gasteiger partial charge in [0, 0.05) is 12.1 Å². The molecule has 4 aromatic rings. The number of hydrogen-bond donors (Lipinski definition) is 0. The van der Waals surface area contributed by atoms with Crippen molar-refractivity contribution in [1.82, 2.24) is 0 Å². The highest BCUT2D eigenvalue weighted by molar-refractivity contribution is 5.89. The maximum Gasteiger partial charge on any atom is 0.453 e. The van der Waals surface area contributed by atoms with Gasteiger partial charge in [-0.05, 0) is 60.2 Å². The molecule has 36 heavy (non-hydrogen) atoms. The molecule has 0 aliphatic carbocycles. The van der Waals surface area contributed by atoms with Crippen molar-refractivity contribution in [2.45, 2.75) is 6.18 Å². The number of carbonyl (C=O) groups excluding carboxylic acids is 1. The molecule has 0 saturated heterocycles. The van der Waals surface area contributed by atoms with Crippen LogP contribution in [0.3, 0.4) is 0 Å². The smallest absolute Gasteiger partial charge is 0.453 e. The molecular formula is C26H16F4O6. The summed E-state index contributed by atoms with van der Waals surface area (Å²) in [6.07, 6.45) is -2.63. The molecule has 0 bridgehead atoms. The van der Waals surface area contributed by atoms with Gasteiger partial charge in [-0.25, -0.2) is 9.18 Å². The fourth-order valence-corrected chi connectivity index (χ4v) is 3.15. The first-order valence-electron chi connectivity index (χ1n) is 10.3. The molecule has 0 radical (unpaired) electrons. The van der Waals surface area contributed by atoms with Gasteiger partial charge in [0.25, 0.3) is 5.76 Å². The number of hydrogen-bond acceptors (Lipinski definition) is 6. The zero-order valence-electron chi connectivity index (χ0n) is 18.5. The van der Waals surface area contributed by atoms with E-state index in [-0.39, 0.29) is 16.9 Å². The minimum Gasteiger partial charge on any atom is -0.497 e. The largest absolute Gasteiger partial charge is 0.497 e. The van der Waals surface area contributed by atoms with Crippen LogP contribution in [0.2, 0.25) is 0 Å². The van der Waals surface area contributed by atoms with Gasteiger partial charge in [0.15, 0.2) is 0 Å². The molecule has 0 fully saturated rings. The first kappa shape index (κ1) is 24.5. The summed E-state index contributed by atoms with van der Waals surface area (Å²) in [5.41, 5.74) is -0.993. The summed E-state index contributed by atoms with van der Waals surface area (Å²) in [5.74, 6) is -3.72. The van der Waals surface area contributed by atoms with E-state index in [1.54, 1.807) is 0 Å². The van der Waals surface area contributed by atoms with Gasteiger partial charge in [0.2, 0.25) is 11.2 Å². The Morgan fingerprint density at radius 3 is 2.19 bits per heavy atom. The molecule has 0 spiro atoms. The summed E-state index contributed by atoms with van der Waals surface area (Å²) in [5, 5.41) is -0.215. The Hall–Kier alpha value is -4.60. The lowest BCUT2D eigenvalue weighted by Gasteiger charge is -2.13. The van der Waals surface area contributed by atoms with E-state index in [2.05, 4.69) is 0 Å². The molecule has 0 unspecified atom stereocenters. The number of carbonyl (C=O) groups is 1. The number of alkyl halides is 3. The van der Waals surface area contributed by atoms with Crippen molar-refractivity contribution in [3.63, 3.8) is 0 Å². The number of benzene rings is 3. The fraction of sp³-hybridized carbons (Fsp3) is 0.0769. The van der Waals surface area contributed by atoms with E-state index in [4.69, 9.17) is 18.6 Å². The molecule has 0 atom stereocenters. The fourth-order valence-electron chi connectivity index (χ4n) is 3.15. The van der Waals surface area contributed by atoms with Gasteiger partial charge < -0.3 is 18.6 Å². The number of halogens is 4. The van der Waals surface area contributed by atoms with Gasteiger partial charge in [-0.3, -0.25) is 4.79 Å². The van der Waals surface area contributed by atoms with E-state index in [1.807, 2.05) is 0 Å². The minimum absolute atomic E-state index is 0.0357. The second kappa shape index (κ2) is 9.95. The Labute approximate surface area is 200 Å². The summed E-state index contributed by atoms with van der Waals surface area (Å²) < 4.78 is 74.5. The third-order valence-electron chi connectivity index (χ3n) is 4.86. The average Bonchev–Trinajstić information content (AvgIpc) is 2.85. The van der Waals surface area contributed by atoms with Crippen molar-refractivity contribution >= 4 is 23.0 Å². The monoisotopic (exact) mass is 500 g/mol. The van der Waals surface area contributed by atoms with Crippen LogP contribution in [0.5, 0.6) is 23.0 Å². The van der Waals surface area contributed by atoms with Crippen LogP contribution in [0.15, 0.2) is 82.0 Å². The van der Waals surface area contributed by atoms with Crippen LogP contribution in [0.25, 0.3) is 17.0 Å². The van der Waals surface area contributed by atoms with Crippen LogP contribution in [0.1, 0.15) is 11.3 Å². The molecule has 0 saturated carbocycles. The highest BCUT2D eigenvalue weighted by atomic mass is 19.4. The summed E-state index contributed by atoms with van der Waals surface area (Å²) in [6.45, 7) is 0. The predicted octanol–water partition coefficient (Wildman–Crippen LogP) is 6.37. The summed E-state index contributed by atoms with van der Waals surface area (Å²) >= 11 is 0. The van der Waals surface area contributed by atoms with Gasteiger partial charge in [-0.1, -0.05) is 12.1 Å². The molecule has 184 valence electrons. The van der Waals surface area contributed by atoms with E-state index in [0.717, 1.165) is 18.2 Å². The van der Waals surface area contributed by atoms with Gasteiger partial charge >= 0.3 is 12.1 Å². The molecule has 1 heterocycles. The molecular weight excluding hydrogens is 484 g/mol. The Morgan fingerprint density at radius 2 is 1.56 bits per heavy atom. The van der Waals surface area contributed by atoms with E-state index in [0.29, 0.717) is 11.3 Å². The molecule has 6 nitrogen and oxygen atoms in total. The molecule has 0 aliphatic heterocycles. The Morgan fingerprint density at radius 1 is 0.917 bits per heavy atom. The van der Waals surface area contributed by atoms with E-state index >= 15 is 0 Å². The lowest BCUT2D eigenvalue weighted by Crippen LogP contribution is -2.15. The molecule has 3 aromatic carbocycles. The van der Waals surface area contributed by atoms with Crippen molar-refractivity contribution in [3.8, 4) is 23.0 Å². The Balaban J connectivity index is 1.64. The van der Waals surface area contributed by atoms with E-state index in [9.17, 15) is 27.2 Å². The maximum absolute atomic E-state index is 13.7. The first-order valence-corrected chi connectivity index (χ1v) is 10.3. The van der Waals surface area contributed by atoms with Crippen LogP contribution in [-0.2, 0) is 11.0 Å². The standard InChI is InChI=1S/C26H16F4O6/c1-33-17-7-9-18(10-8-17)35-24-23(32)20-12-11-19(14-21(20)36-25(24)26(28,29)30)34-22(31)13-4-15-2-5-16(27)6-3-15/h2-14H,1H3/b13-4+. The maximum atomic E-state index is 13.7. The molecule has 1 aromatic heterocycles. The van der Waals surface area contributed by atoms with Crippen LogP contribution in [-0.4, -0.2) is 13.1 Å².